The molecule has 0 aliphatic carbocycles. The SMILES string of the molecule is Cc1ccc(CN(C)C(C)c2ccccn2)nc1. The number of nitrogens with zero attached hydrogens (tertiary/aromatic N) is 3. The monoisotopic (exact) mass is 241 g/mol. The maximum Gasteiger partial charge on any atom is 0.0572 e. The van der Waals surface area contributed by atoms with Gasteiger partial charge in [-0.1, -0.05) is 12.1 Å². The molecule has 0 N–H and O–H groups in total. The molecule has 1 unspecified atom stereocenters. The summed E-state index contributed by atoms with van der Waals surface area (Å²) < 4.78 is 0. The van der Waals surface area contributed by atoms with Gasteiger partial charge in [-0.25, -0.2) is 0 Å². The molecule has 2 aromatic rings. The average Bonchev–Trinajstić information content (AvgIpc) is 2.41. The van der Waals surface area contributed by atoms with Crippen molar-refractivity contribution in [2.45, 2.75) is 26.4 Å². The molecular formula is C15H19N3. The Bertz CT molecular complexity index is 479. The Morgan fingerprint density at radius 2 is 2.00 bits per heavy atom. The molecule has 94 valence electrons. The van der Waals surface area contributed by atoms with Crippen molar-refractivity contribution >= 4 is 0 Å². The molecular weight excluding hydrogens is 222 g/mol. The second kappa shape index (κ2) is 5.74. The van der Waals surface area contributed by atoms with Crippen LogP contribution in [0.4, 0.5) is 0 Å². The Morgan fingerprint density at radius 1 is 1.17 bits per heavy atom. The van der Waals surface area contributed by atoms with Gasteiger partial charge in [-0.2, -0.15) is 0 Å². The van der Waals surface area contributed by atoms with Crippen LogP contribution < -0.4 is 0 Å². The number of hydrogen-bond donors (Lipinski definition) is 0. The summed E-state index contributed by atoms with van der Waals surface area (Å²) in [6, 6.07) is 10.5. The first-order valence-electron chi connectivity index (χ1n) is 6.19. The Morgan fingerprint density at radius 3 is 2.61 bits per heavy atom. The molecule has 0 fully saturated rings. The summed E-state index contributed by atoms with van der Waals surface area (Å²) in [6.07, 6.45) is 3.75. The van der Waals surface area contributed by atoms with Crippen LogP contribution >= 0.6 is 0 Å². The fraction of sp³-hybridized carbons (Fsp3) is 0.333. The highest BCUT2D eigenvalue weighted by Gasteiger charge is 2.13. The van der Waals surface area contributed by atoms with Gasteiger partial charge in [-0.05, 0) is 44.7 Å². The maximum atomic E-state index is 4.43. The third kappa shape index (κ3) is 3.14. The molecule has 2 heterocycles. The third-order valence-corrected chi connectivity index (χ3v) is 3.16. The molecule has 0 spiro atoms. The molecule has 18 heavy (non-hydrogen) atoms. The van der Waals surface area contributed by atoms with Crippen molar-refractivity contribution in [1.82, 2.24) is 14.9 Å². The van der Waals surface area contributed by atoms with E-state index >= 15 is 0 Å². The normalized spacial score (nSPS) is 12.7. The molecule has 0 bridgehead atoms. The summed E-state index contributed by atoms with van der Waals surface area (Å²) in [4.78, 5) is 11.1. The minimum absolute atomic E-state index is 0.286. The van der Waals surface area contributed by atoms with E-state index in [1.54, 1.807) is 0 Å². The third-order valence-electron chi connectivity index (χ3n) is 3.16. The van der Waals surface area contributed by atoms with Crippen molar-refractivity contribution in [2.75, 3.05) is 7.05 Å². The van der Waals surface area contributed by atoms with E-state index in [9.17, 15) is 0 Å². The van der Waals surface area contributed by atoms with Gasteiger partial charge in [0.05, 0.1) is 11.4 Å². The van der Waals surface area contributed by atoms with Gasteiger partial charge in [-0.3, -0.25) is 14.9 Å². The predicted molar refractivity (Wildman–Crippen MR) is 73.1 cm³/mol. The minimum Gasteiger partial charge on any atom is -0.292 e. The molecule has 1 atom stereocenters. The van der Waals surface area contributed by atoms with Crippen molar-refractivity contribution in [1.29, 1.82) is 0 Å². The lowest BCUT2D eigenvalue weighted by Crippen LogP contribution is -2.23. The number of pyridine rings is 2. The summed E-state index contributed by atoms with van der Waals surface area (Å²) in [5, 5.41) is 0. The standard InChI is InChI=1S/C15H19N3/c1-12-7-8-14(17-10-12)11-18(3)13(2)15-6-4-5-9-16-15/h4-10,13H,11H2,1-3H3. The molecule has 0 amide bonds. The first-order valence-corrected chi connectivity index (χ1v) is 6.19. The lowest BCUT2D eigenvalue weighted by molar-refractivity contribution is 0.246. The van der Waals surface area contributed by atoms with Crippen LogP contribution in [0, 0.1) is 6.92 Å². The molecule has 2 aromatic heterocycles. The van der Waals surface area contributed by atoms with Crippen LogP contribution in [0.15, 0.2) is 42.7 Å². The molecule has 0 saturated carbocycles. The van der Waals surface area contributed by atoms with Crippen molar-refractivity contribution in [2.24, 2.45) is 0 Å². The van der Waals surface area contributed by atoms with E-state index in [-0.39, 0.29) is 6.04 Å². The zero-order valence-electron chi connectivity index (χ0n) is 11.2. The summed E-state index contributed by atoms with van der Waals surface area (Å²) in [7, 11) is 2.10. The molecule has 0 aliphatic heterocycles. The second-order valence-corrected chi connectivity index (χ2v) is 4.67. The Hall–Kier alpha value is -1.74. The van der Waals surface area contributed by atoms with E-state index in [2.05, 4.69) is 54.0 Å². The van der Waals surface area contributed by atoms with Gasteiger partial charge in [-0.15, -0.1) is 0 Å². The minimum atomic E-state index is 0.286. The van der Waals surface area contributed by atoms with Gasteiger partial charge in [0.15, 0.2) is 0 Å². The van der Waals surface area contributed by atoms with E-state index in [1.165, 1.54) is 5.56 Å². The zero-order chi connectivity index (χ0) is 13.0. The molecule has 3 heteroatoms. The maximum absolute atomic E-state index is 4.43. The highest BCUT2D eigenvalue weighted by atomic mass is 15.1. The number of hydrogen-bond acceptors (Lipinski definition) is 3. The average molecular weight is 241 g/mol. The van der Waals surface area contributed by atoms with E-state index in [4.69, 9.17) is 0 Å². The van der Waals surface area contributed by atoms with Gasteiger partial charge >= 0.3 is 0 Å². The highest BCUT2D eigenvalue weighted by molar-refractivity contribution is 5.13. The Kier molecular flexibility index (Phi) is 4.05. The highest BCUT2D eigenvalue weighted by Crippen LogP contribution is 2.17. The Balaban J connectivity index is 2.03. The van der Waals surface area contributed by atoms with Gasteiger partial charge in [0.25, 0.3) is 0 Å². The van der Waals surface area contributed by atoms with E-state index in [0.29, 0.717) is 0 Å². The van der Waals surface area contributed by atoms with Gasteiger partial charge < -0.3 is 0 Å². The first kappa shape index (κ1) is 12.7. The summed E-state index contributed by atoms with van der Waals surface area (Å²) in [6.45, 7) is 5.05. The van der Waals surface area contributed by atoms with E-state index < -0.39 is 0 Å². The quantitative estimate of drug-likeness (QED) is 0.824. The van der Waals surface area contributed by atoms with Crippen LogP contribution in [0.3, 0.4) is 0 Å². The van der Waals surface area contributed by atoms with Crippen LogP contribution in [0.1, 0.15) is 29.9 Å². The van der Waals surface area contributed by atoms with Crippen molar-refractivity contribution in [3.05, 3.63) is 59.7 Å². The number of aryl methyl sites for hydroxylation is 1. The van der Waals surface area contributed by atoms with E-state index in [0.717, 1.165) is 17.9 Å². The molecule has 3 nitrogen and oxygen atoms in total. The Labute approximate surface area is 109 Å². The lowest BCUT2D eigenvalue weighted by atomic mass is 10.2. The van der Waals surface area contributed by atoms with Crippen molar-refractivity contribution in [3.8, 4) is 0 Å². The van der Waals surface area contributed by atoms with Crippen LogP contribution in [0.2, 0.25) is 0 Å². The largest absolute Gasteiger partial charge is 0.292 e. The zero-order valence-corrected chi connectivity index (χ0v) is 11.2. The van der Waals surface area contributed by atoms with Gasteiger partial charge in [0, 0.05) is 25.0 Å². The fourth-order valence-corrected chi connectivity index (χ4v) is 1.83. The molecule has 0 aliphatic rings. The summed E-state index contributed by atoms with van der Waals surface area (Å²) in [5.74, 6) is 0. The molecule has 0 aromatic carbocycles. The van der Waals surface area contributed by atoms with Crippen LogP contribution in [0.5, 0.6) is 0 Å². The summed E-state index contributed by atoms with van der Waals surface area (Å²) in [5.41, 5.74) is 3.37. The van der Waals surface area contributed by atoms with Crippen LogP contribution in [0.25, 0.3) is 0 Å². The molecule has 2 rings (SSSR count). The predicted octanol–water partition coefficient (Wildman–Crippen LogP) is 2.98. The number of aromatic nitrogens is 2. The number of rotatable bonds is 4. The lowest BCUT2D eigenvalue weighted by Gasteiger charge is -2.23. The van der Waals surface area contributed by atoms with Crippen LogP contribution in [-0.4, -0.2) is 21.9 Å². The topological polar surface area (TPSA) is 29.0 Å². The van der Waals surface area contributed by atoms with Crippen molar-refractivity contribution in [3.63, 3.8) is 0 Å². The van der Waals surface area contributed by atoms with Crippen molar-refractivity contribution < 1.29 is 0 Å². The second-order valence-electron chi connectivity index (χ2n) is 4.67. The van der Waals surface area contributed by atoms with Gasteiger partial charge in [0.2, 0.25) is 0 Å². The molecule has 0 saturated heterocycles. The smallest absolute Gasteiger partial charge is 0.0572 e. The fourth-order valence-electron chi connectivity index (χ4n) is 1.83. The van der Waals surface area contributed by atoms with Crippen LogP contribution in [-0.2, 0) is 6.54 Å². The van der Waals surface area contributed by atoms with E-state index in [1.807, 2.05) is 24.5 Å². The molecule has 0 radical (unpaired) electrons. The van der Waals surface area contributed by atoms with Gasteiger partial charge in [0.1, 0.15) is 0 Å². The first-order chi connectivity index (χ1) is 8.66. The summed E-state index contributed by atoms with van der Waals surface area (Å²) >= 11 is 0.